The van der Waals surface area contributed by atoms with E-state index in [1.54, 1.807) is 12.1 Å². The number of carbonyl (C=O) groups is 1. The first-order valence-corrected chi connectivity index (χ1v) is 7.31. The standard InChI is InChI=1S/C16H25FN2O/c1-3-13(10-11-18)4-9-16(20)19-12(2)14-5-7-15(17)8-6-14/h5-8,12-13H,3-4,9-11,18H2,1-2H3,(H,19,20). The molecule has 3 N–H and O–H groups in total. The Morgan fingerprint density at radius 3 is 2.50 bits per heavy atom. The van der Waals surface area contributed by atoms with Gasteiger partial charge in [0.2, 0.25) is 5.91 Å². The predicted molar refractivity (Wildman–Crippen MR) is 79.6 cm³/mol. The molecule has 1 aromatic rings. The molecule has 112 valence electrons. The smallest absolute Gasteiger partial charge is 0.220 e. The molecule has 1 rings (SSSR count). The van der Waals surface area contributed by atoms with E-state index in [2.05, 4.69) is 12.2 Å². The molecule has 0 aliphatic heterocycles. The second kappa shape index (κ2) is 8.69. The van der Waals surface area contributed by atoms with Crippen molar-refractivity contribution >= 4 is 5.91 Å². The van der Waals surface area contributed by atoms with Crippen molar-refractivity contribution in [2.75, 3.05) is 6.54 Å². The van der Waals surface area contributed by atoms with Crippen LogP contribution in [0.1, 0.15) is 51.1 Å². The van der Waals surface area contributed by atoms with E-state index in [4.69, 9.17) is 5.73 Å². The van der Waals surface area contributed by atoms with E-state index in [1.165, 1.54) is 12.1 Å². The third kappa shape index (κ3) is 5.70. The second-order valence-electron chi connectivity index (χ2n) is 5.23. The molecule has 1 amide bonds. The largest absolute Gasteiger partial charge is 0.350 e. The number of benzene rings is 1. The van der Waals surface area contributed by atoms with Gasteiger partial charge in [-0.05, 0) is 49.9 Å². The van der Waals surface area contributed by atoms with E-state index in [1.807, 2.05) is 6.92 Å². The number of rotatable bonds is 8. The average molecular weight is 280 g/mol. The van der Waals surface area contributed by atoms with Gasteiger partial charge < -0.3 is 11.1 Å². The summed E-state index contributed by atoms with van der Waals surface area (Å²) in [5, 5.41) is 2.94. The van der Waals surface area contributed by atoms with Crippen LogP contribution in [0.25, 0.3) is 0 Å². The van der Waals surface area contributed by atoms with Gasteiger partial charge in [-0.1, -0.05) is 25.5 Å². The lowest BCUT2D eigenvalue weighted by molar-refractivity contribution is -0.122. The van der Waals surface area contributed by atoms with Crippen molar-refractivity contribution in [2.45, 2.75) is 45.6 Å². The number of amides is 1. The Morgan fingerprint density at radius 2 is 1.95 bits per heavy atom. The Labute approximate surface area is 120 Å². The van der Waals surface area contributed by atoms with Crippen molar-refractivity contribution < 1.29 is 9.18 Å². The van der Waals surface area contributed by atoms with Gasteiger partial charge in [0, 0.05) is 6.42 Å². The normalized spacial score (nSPS) is 13.8. The minimum atomic E-state index is -0.264. The van der Waals surface area contributed by atoms with Crippen LogP contribution >= 0.6 is 0 Å². The molecule has 0 spiro atoms. The van der Waals surface area contributed by atoms with Crippen molar-refractivity contribution in [3.63, 3.8) is 0 Å². The van der Waals surface area contributed by atoms with Gasteiger partial charge >= 0.3 is 0 Å². The summed E-state index contributed by atoms with van der Waals surface area (Å²) in [4.78, 5) is 11.9. The Bertz CT molecular complexity index is 405. The molecule has 4 heteroatoms. The SMILES string of the molecule is CCC(CCN)CCC(=O)NC(C)c1ccc(F)cc1. The fourth-order valence-corrected chi connectivity index (χ4v) is 2.27. The van der Waals surface area contributed by atoms with Crippen molar-refractivity contribution in [3.05, 3.63) is 35.6 Å². The van der Waals surface area contributed by atoms with E-state index in [0.29, 0.717) is 18.9 Å². The van der Waals surface area contributed by atoms with E-state index in [9.17, 15) is 9.18 Å². The number of nitrogens with one attached hydrogen (secondary N) is 1. The zero-order valence-electron chi connectivity index (χ0n) is 12.4. The van der Waals surface area contributed by atoms with Crippen LogP contribution in [0.4, 0.5) is 4.39 Å². The first-order chi connectivity index (χ1) is 9.56. The second-order valence-corrected chi connectivity index (χ2v) is 5.23. The zero-order valence-corrected chi connectivity index (χ0v) is 12.4. The molecule has 0 fully saturated rings. The highest BCUT2D eigenvalue weighted by molar-refractivity contribution is 5.76. The summed E-state index contributed by atoms with van der Waals surface area (Å²) in [6.45, 7) is 4.70. The van der Waals surface area contributed by atoms with Gasteiger partial charge in [0.1, 0.15) is 5.82 Å². The molecule has 0 aromatic heterocycles. The summed E-state index contributed by atoms with van der Waals surface area (Å²) in [6, 6.07) is 6.11. The molecule has 3 nitrogen and oxygen atoms in total. The summed E-state index contributed by atoms with van der Waals surface area (Å²) in [5.41, 5.74) is 6.46. The van der Waals surface area contributed by atoms with Crippen molar-refractivity contribution in [3.8, 4) is 0 Å². The topological polar surface area (TPSA) is 55.1 Å². The van der Waals surface area contributed by atoms with Gasteiger partial charge in [-0.25, -0.2) is 4.39 Å². The van der Waals surface area contributed by atoms with Gasteiger partial charge in [0.25, 0.3) is 0 Å². The van der Waals surface area contributed by atoms with Gasteiger partial charge in [0.05, 0.1) is 6.04 Å². The van der Waals surface area contributed by atoms with Crippen LogP contribution in [-0.4, -0.2) is 12.5 Å². The van der Waals surface area contributed by atoms with Crippen LogP contribution in [0.15, 0.2) is 24.3 Å². The molecule has 1 aromatic carbocycles. The molecule has 0 aliphatic rings. The molecule has 0 saturated heterocycles. The maximum Gasteiger partial charge on any atom is 0.220 e. The van der Waals surface area contributed by atoms with Gasteiger partial charge in [0.15, 0.2) is 0 Å². The molecule has 0 radical (unpaired) electrons. The molecule has 0 heterocycles. The fraction of sp³-hybridized carbons (Fsp3) is 0.562. The van der Waals surface area contributed by atoms with Crippen molar-refractivity contribution in [1.29, 1.82) is 0 Å². The highest BCUT2D eigenvalue weighted by atomic mass is 19.1. The van der Waals surface area contributed by atoms with Gasteiger partial charge in [-0.15, -0.1) is 0 Å². The summed E-state index contributed by atoms with van der Waals surface area (Å²) in [7, 11) is 0. The van der Waals surface area contributed by atoms with Crippen LogP contribution in [-0.2, 0) is 4.79 Å². The van der Waals surface area contributed by atoms with E-state index in [-0.39, 0.29) is 17.8 Å². The summed E-state index contributed by atoms with van der Waals surface area (Å²) >= 11 is 0. The molecular formula is C16H25FN2O. The Kier molecular flexibility index (Phi) is 7.23. The quantitative estimate of drug-likeness (QED) is 0.768. The molecule has 2 unspecified atom stereocenters. The first kappa shape index (κ1) is 16.6. The molecular weight excluding hydrogens is 255 g/mol. The summed E-state index contributed by atoms with van der Waals surface area (Å²) in [5.74, 6) is 0.295. The van der Waals surface area contributed by atoms with Crippen molar-refractivity contribution in [2.24, 2.45) is 11.7 Å². The number of hydrogen-bond acceptors (Lipinski definition) is 2. The Hall–Kier alpha value is -1.42. The van der Waals surface area contributed by atoms with Crippen LogP contribution in [0.5, 0.6) is 0 Å². The fourth-order valence-electron chi connectivity index (χ4n) is 2.27. The average Bonchev–Trinajstić information content (AvgIpc) is 2.44. The minimum Gasteiger partial charge on any atom is -0.350 e. The molecule has 0 saturated carbocycles. The van der Waals surface area contributed by atoms with E-state index >= 15 is 0 Å². The van der Waals surface area contributed by atoms with Crippen LogP contribution < -0.4 is 11.1 Å². The number of hydrogen-bond donors (Lipinski definition) is 2. The highest BCUT2D eigenvalue weighted by Crippen LogP contribution is 2.16. The van der Waals surface area contributed by atoms with Crippen LogP contribution in [0, 0.1) is 11.7 Å². The lowest BCUT2D eigenvalue weighted by atomic mass is 9.96. The lowest BCUT2D eigenvalue weighted by Crippen LogP contribution is -2.27. The minimum absolute atomic E-state index is 0.0392. The zero-order chi connectivity index (χ0) is 15.0. The number of carbonyl (C=O) groups excluding carboxylic acids is 1. The summed E-state index contributed by atoms with van der Waals surface area (Å²) < 4.78 is 12.8. The maximum atomic E-state index is 12.8. The maximum absolute atomic E-state index is 12.8. The third-order valence-corrected chi connectivity index (χ3v) is 3.68. The molecule has 20 heavy (non-hydrogen) atoms. The molecule has 2 atom stereocenters. The van der Waals surface area contributed by atoms with Crippen LogP contribution in [0.3, 0.4) is 0 Å². The third-order valence-electron chi connectivity index (χ3n) is 3.68. The predicted octanol–water partition coefficient (Wildman–Crippen LogP) is 3.16. The van der Waals surface area contributed by atoms with Gasteiger partial charge in [-0.2, -0.15) is 0 Å². The molecule has 0 bridgehead atoms. The molecule has 0 aliphatic carbocycles. The number of halogens is 1. The van der Waals surface area contributed by atoms with Gasteiger partial charge in [-0.3, -0.25) is 4.79 Å². The lowest BCUT2D eigenvalue weighted by Gasteiger charge is -2.16. The van der Waals surface area contributed by atoms with E-state index < -0.39 is 0 Å². The van der Waals surface area contributed by atoms with E-state index in [0.717, 1.165) is 24.8 Å². The highest BCUT2D eigenvalue weighted by Gasteiger charge is 2.12. The summed E-state index contributed by atoms with van der Waals surface area (Å²) in [6.07, 6.45) is 3.41. The first-order valence-electron chi connectivity index (χ1n) is 7.31. The Balaban J connectivity index is 2.39. The van der Waals surface area contributed by atoms with Crippen LogP contribution in [0.2, 0.25) is 0 Å². The Morgan fingerprint density at radius 1 is 1.30 bits per heavy atom. The van der Waals surface area contributed by atoms with Crippen molar-refractivity contribution in [1.82, 2.24) is 5.32 Å². The number of nitrogens with two attached hydrogens (primary N) is 1. The monoisotopic (exact) mass is 280 g/mol.